The minimum absolute atomic E-state index is 0.882. The summed E-state index contributed by atoms with van der Waals surface area (Å²) in [5.74, 6) is -8.35. The number of carboxylic acids is 1. The van der Waals surface area contributed by atoms with Crippen LogP contribution < -0.4 is 16.0 Å². The van der Waals surface area contributed by atoms with Gasteiger partial charge in [0.05, 0.1) is 70.6 Å². The van der Waals surface area contributed by atoms with E-state index in [1.54, 1.807) is 0 Å². The van der Waals surface area contributed by atoms with Crippen LogP contribution in [0.1, 0.15) is 41.0 Å². The molecule has 0 saturated carbocycles. The third-order valence-corrected chi connectivity index (χ3v) is 20.9. The Morgan fingerprint density at radius 3 is 1.24 bits per heavy atom. The minimum atomic E-state index is -3.27. The minimum Gasteiger partial charge on any atom is -0.477 e. The van der Waals surface area contributed by atoms with Crippen LogP contribution in [0.25, 0.3) is 0 Å². The first-order chi connectivity index (χ1) is 53.2. The number of hydrogen-bond acceptors (Lipinski definition) is 46. The second kappa shape index (κ2) is 39.6. The van der Waals surface area contributed by atoms with Gasteiger partial charge in [-0.1, -0.05) is 0 Å². The fourth-order valence-corrected chi connectivity index (χ4v) is 14.5. The Morgan fingerprint density at radius 2 is 0.770 bits per heavy atom. The van der Waals surface area contributed by atoms with Crippen LogP contribution in [-0.4, -0.2) is 484 Å². The van der Waals surface area contributed by atoms with E-state index < -0.39 is 358 Å². The Kier molecular flexibility index (Phi) is 32.6. The molecule has 0 aromatic heterocycles. The molecule has 0 radical (unpaired) electrons. The highest BCUT2D eigenvalue weighted by molar-refractivity contribution is 5.77. The van der Waals surface area contributed by atoms with Crippen molar-refractivity contribution in [3.8, 4) is 0 Å². The molecule has 0 aromatic rings. The fraction of sp³-hybridized carbons (Fsp3) is 0.937. The molecule has 113 heavy (non-hydrogen) atoms. The molecular weight excluding hydrogens is 1550 g/mol. The molecule has 0 unspecified atom stereocenters. The van der Waals surface area contributed by atoms with Crippen molar-refractivity contribution < 1.29 is 232 Å². The molecule has 9 fully saturated rings. The van der Waals surface area contributed by atoms with Gasteiger partial charge in [0, 0.05) is 27.2 Å². The topological polar surface area (TPSA) is 787 Å². The first kappa shape index (κ1) is 93.1. The van der Waals surface area contributed by atoms with Gasteiger partial charge in [0.1, 0.15) is 201 Å². The van der Waals surface area contributed by atoms with E-state index in [9.17, 15) is 152 Å². The normalized spacial score (nSPS) is 49.2. The summed E-state index contributed by atoms with van der Waals surface area (Å²) < 4.78 is 100. The average molecular weight is 1660 g/mol. The average Bonchev–Trinajstić information content (AvgIpc) is 0.762. The van der Waals surface area contributed by atoms with E-state index >= 15 is 0 Å². The van der Waals surface area contributed by atoms with Crippen LogP contribution >= 0.6 is 0 Å². The zero-order valence-corrected chi connectivity index (χ0v) is 60.8. The molecule has 50 heteroatoms. The van der Waals surface area contributed by atoms with Crippen molar-refractivity contribution in [3.63, 3.8) is 0 Å². The maximum atomic E-state index is 13.6. The van der Waals surface area contributed by atoms with Gasteiger partial charge in [0.25, 0.3) is 5.79 Å². The second-order valence-corrected chi connectivity index (χ2v) is 28.9. The van der Waals surface area contributed by atoms with Crippen molar-refractivity contribution in [2.45, 2.75) is 323 Å². The Balaban J connectivity index is 1.07. The van der Waals surface area contributed by atoms with Crippen LogP contribution in [0.2, 0.25) is 0 Å². The van der Waals surface area contributed by atoms with Gasteiger partial charge in [0.2, 0.25) is 17.7 Å². The van der Waals surface area contributed by atoms with Crippen molar-refractivity contribution in [1.29, 1.82) is 0 Å². The number of hydrogen-bond donors (Lipinski definition) is 29. The van der Waals surface area contributed by atoms with E-state index in [4.69, 9.17) is 80.5 Å². The number of aliphatic hydroxyl groups excluding tert-OH is 25. The molecule has 9 saturated heterocycles. The van der Waals surface area contributed by atoms with E-state index in [2.05, 4.69) is 16.0 Å². The molecule has 0 spiro atoms. The smallest absolute Gasteiger partial charge is 0.364 e. The summed E-state index contributed by atoms with van der Waals surface area (Å²) in [6.45, 7) is -3.11. The first-order valence-electron chi connectivity index (χ1n) is 36.0. The molecule has 654 valence electrons. The Morgan fingerprint density at radius 1 is 0.381 bits per heavy atom. The van der Waals surface area contributed by atoms with E-state index in [-0.39, 0.29) is 0 Å². The van der Waals surface area contributed by atoms with Gasteiger partial charge in [-0.25, -0.2) is 4.79 Å². The van der Waals surface area contributed by atoms with Crippen LogP contribution in [0.15, 0.2) is 0 Å². The molecular formula is C63H105N3O47. The fourth-order valence-electron chi connectivity index (χ4n) is 14.5. The number of ether oxygens (including phenoxy) is 17. The summed E-state index contributed by atoms with van der Waals surface area (Å²) in [5, 5.41) is 295. The summed E-state index contributed by atoms with van der Waals surface area (Å²) >= 11 is 0. The Hall–Kier alpha value is -3.80. The maximum Gasteiger partial charge on any atom is 0.364 e. The second-order valence-electron chi connectivity index (χ2n) is 28.9. The van der Waals surface area contributed by atoms with Crippen LogP contribution in [-0.2, 0) is 99.7 Å². The van der Waals surface area contributed by atoms with Crippen molar-refractivity contribution >= 4 is 23.7 Å². The van der Waals surface area contributed by atoms with Crippen LogP contribution in [0.5, 0.6) is 0 Å². The molecule has 9 heterocycles. The van der Waals surface area contributed by atoms with Crippen molar-refractivity contribution in [2.24, 2.45) is 0 Å². The quantitative estimate of drug-likeness (QED) is 0.0331. The molecule has 0 aliphatic carbocycles. The zero-order valence-electron chi connectivity index (χ0n) is 60.8. The summed E-state index contributed by atoms with van der Waals surface area (Å²) in [4.78, 5) is 52.5. The lowest BCUT2D eigenvalue weighted by molar-refractivity contribution is -0.394. The molecule has 0 bridgehead atoms. The highest BCUT2D eigenvalue weighted by atomic mass is 16.8. The maximum absolute atomic E-state index is 13.6. The van der Waals surface area contributed by atoms with Crippen molar-refractivity contribution in [3.05, 3.63) is 0 Å². The van der Waals surface area contributed by atoms with Crippen molar-refractivity contribution in [2.75, 3.05) is 46.2 Å². The van der Waals surface area contributed by atoms with E-state index in [1.165, 1.54) is 13.8 Å². The summed E-state index contributed by atoms with van der Waals surface area (Å²) in [5.41, 5.74) is 0. The third kappa shape index (κ3) is 20.3. The molecule has 50 nitrogen and oxygen atoms in total. The van der Waals surface area contributed by atoms with E-state index in [0.717, 1.165) is 20.8 Å². The standard InChI is InChI=1S/C63H105N3O47/c1-14-30(77)38(85)44(91)57(99-14)111-52-40(87)33(80)21(8-68)102-60(52)108-47-24(11-71)104-56(29(37(47)84)66-18(5)74)110-51-35(82)25(105-59(46(51)93)107-48-23(10-70)101-54(94)43(90)42(48)89)12-97-55-28(65-17(4)73)36(83)49(109-61-53(41(88)34(81)22(9-69)103-61)112-58-45(92)39(86)31(78)15(2)100-58)26(106-55)13-98-63(62(95)96)6-19(75)27(64-16(3)72)50(113-63)32(79)20(76)7-67/h14-15,19-61,67-71,75-94H,6-13H2,1-5H3,(H,64,72)(H,65,73)(H,66,74)(H,95,96)/t14-,15-,19+,20+,21+,22+,23-,24+,25-,26+,27-,28-,29+,30+,31+,32+,33-,34-,35+,36-,37-,38-,39-,40+,41+,42+,43+,44+,45+,46+,47-,48+,49+,50+,51+,52-,53-,54-,55+,56+,57-,58-,59+,60-,61-,63-/m1/s1. The number of carboxylic acid groups (broad SMARTS) is 1. The van der Waals surface area contributed by atoms with Gasteiger partial charge >= 0.3 is 5.97 Å². The van der Waals surface area contributed by atoms with Crippen LogP contribution in [0, 0.1) is 0 Å². The van der Waals surface area contributed by atoms with Gasteiger partial charge in [-0.3, -0.25) is 14.4 Å². The summed E-state index contributed by atoms with van der Waals surface area (Å²) in [7, 11) is 0. The Labute approximate surface area is 639 Å². The predicted octanol–water partition coefficient (Wildman–Crippen LogP) is -18.9. The summed E-state index contributed by atoms with van der Waals surface area (Å²) in [6, 6.07) is -5.91. The number of amides is 3. The molecule has 9 rings (SSSR count). The third-order valence-electron chi connectivity index (χ3n) is 20.9. The SMILES string of the molecule is CC(=O)N[C@@H]1[C@H](O[C@@H]2[C@H](O)[C@H](O[C@@H]3[C@@H](O)[C@H](O)[C@H](O)O[C@@H]3CO)O[C@H](CO[C@H]3O[C@@H](CO[C@]4(C(=O)O)C[C@H](O)[C@@H](NC(C)=O)[C@@H]([C@@H](O)[C@@H](O)CO)O4)[C@H](O[C@H]4O[C@@H](CO)[C@@H](O)[C@H](O)[C@H]4O[C@H]4O[C@H](C)[C@H](O)[C@@H](O)[C@@H]4O)[C@H](O)[C@H]3NC(C)=O)[C@@H]2O)O[C@@H](CO)[C@@H](O[C@H]2O[C@@H](CO)[C@@H](O)[C@H](O)[C@H]2O[C@H]2O[C@H](C)[C@H](O)[C@@H](O)[C@@H]2O)[C@@H]1O. The van der Waals surface area contributed by atoms with E-state index in [0.29, 0.717) is 0 Å². The van der Waals surface area contributed by atoms with Gasteiger partial charge in [0.15, 0.2) is 50.3 Å². The predicted molar refractivity (Wildman–Crippen MR) is 346 cm³/mol. The lowest BCUT2D eigenvalue weighted by Gasteiger charge is -2.51. The van der Waals surface area contributed by atoms with Gasteiger partial charge in [-0.05, 0) is 13.8 Å². The van der Waals surface area contributed by atoms with Gasteiger partial charge in [-0.15, -0.1) is 0 Å². The van der Waals surface area contributed by atoms with E-state index in [1.807, 2.05) is 0 Å². The lowest BCUT2D eigenvalue weighted by Crippen LogP contribution is -2.70. The van der Waals surface area contributed by atoms with Gasteiger partial charge < -0.3 is 229 Å². The Bertz CT molecular complexity index is 3040. The molecule has 29 N–H and O–H groups in total. The largest absolute Gasteiger partial charge is 0.477 e. The lowest BCUT2D eigenvalue weighted by atomic mass is 9.88. The monoisotopic (exact) mass is 1660 g/mol. The number of aliphatic hydroxyl groups is 25. The highest BCUT2D eigenvalue weighted by Crippen LogP contribution is 2.41. The molecule has 9 aliphatic heterocycles. The van der Waals surface area contributed by atoms with Crippen molar-refractivity contribution in [1.82, 2.24) is 16.0 Å². The molecule has 0 aromatic carbocycles. The number of nitrogens with one attached hydrogen (secondary N) is 3. The first-order valence-corrected chi connectivity index (χ1v) is 36.0. The number of aliphatic carboxylic acids is 1. The van der Waals surface area contributed by atoms with Crippen LogP contribution in [0.3, 0.4) is 0 Å². The zero-order chi connectivity index (χ0) is 83.6. The summed E-state index contributed by atoms with van der Waals surface area (Å²) in [6.07, 6.45) is -89.2. The molecule has 46 atom stereocenters. The highest BCUT2D eigenvalue weighted by Gasteiger charge is 2.62. The number of rotatable bonds is 29. The number of carbonyl (C=O) groups is 4. The van der Waals surface area contributed by atoms with Gasteiger partial charge in [-0.2, -0.15) is 0 Å². The molecule has 9 aliphatic rings. The molecule has 3 amide bonds. The number of carbonyl (C=O) groups excluding carboxylic acids is 3. The van der Waals surface area contributed by atoms with Crippen LogP contribution in [0.4, 0.5) is 0 Å².